The van der Waals surface area contributed by atoms with Crippen LogP contribution in [0.5, 0.6) is 11.5 Å². The van der Waals surface area contributed by atoms with E-state index in [1.165, 1.54) is 5.56 Å². The molecule has 2 aromatic carbocycles. The van der Waals surface area contributed by atoms with Crippen molar-refractivity contribution in [3.8, 4) is 11.5 Å². The first kappa shape index (κ1) is 14.6. The van der Waals surface area contributed by atoms with Gasteiger partial charge in [0.2, 0.25) is 0 Å². The van der Waals surface area contributed by atoms with Crippen molar-refractivity contribution < 1.29 is 4.74 Å². The molecule has 0 aliphatic heterocycles. The number of nitrogens with zero attached hydrogens (tertiary/aromatic N) is 1. The van der Waals surface area contributed by atoms with Crippen molar-refractivity contribution in [2.45, 2.75) is 26.8 Å². The quantitative estimate of drug-likeness (QED) is 0.741. The lowest BCUT2D eigenvalue weighted by Gasteiger charge is -2.26. The van der Waals surface area contributed by atoms with E-state index in [0.717, 1.165) is 24.6 Å². The normalized spacial score (nSPS) is 12.4. The summed E-state index contributed by atoms with van der Waals surface area (Å²) in [4.78, 5) is 2.44. The second kappa shape index (κ2) is 7.11. The van der Waals surface area contributed by atoms with Gasteiger partial charge in [-0.2, -0.15) is 0 Å². The van der Waals surface area contributed by atoms with Gasteiger partial charge in [-0.05, 0) is 49.8 Å². The second-order valence-corrected chi connectivity index (χ2v) is 4.88. The maximum Gasteiger partial charge on any atom is 0.127 e. The summed E-state index contributed by atoms with van der Waals surface area (Å²) in [5, 5.41) is 0. The summed E-state index contributed by atoms with van der Waals surface area (Å²) in [7, 11) is 0. The Morgan fingerprint density at radius 1 is 0.850 bits per heavy atom. The van der Waals surface area contributed by atoms with Crippen LogP contribution >= 0.6 is 0 Å². The van der Waals surface area contributed by atoms with E-state index in [-0.39, 0.29) is 0 Å². The molecule has 2 aromatic rings. The average Bonchev–Trinajstić information content (AvgIpc) is 2.50. The van der Waals surface area contributed by atoms with Crippen LogP contribution in [-0.4, -0.2) is 18.0 Å². The standard InChI is InChI=1S/C18H23NO/c1-4-19(5-2)15(3)16-11-13-18(14-12-16)20-17-9-7-6-8-10-17/h6-15H,4-5H2,1-3H3. The molecule has 1 atom stereocenters. The molecule has 1 unspecified atom stereocenters. The van der Waals surface area contributed by atoms with Gasteiger partial charge in [-0.25, -0.2) is 0 Å². The third kappa shape index (κ3) is 3.61. The fourth-order valence-electron chi connectivity index (χ4n) is 2.42. The lowest BCUT2D eigenvalue weighted by Crippen LogP contribution is -2.26. The Kier molecular flexibility index (Phi) is 5.19. The van der Waals surface area contributed by atoms with Gasteiger partial charge in [-0.1, -0.05) is 44.2 Å². The Balaban J connectivity index is 2.06. The predicted octanol–water partition coefficient (Wildman–Crippen LogP) is 4.88. The molecule has 0 aromatic heterocycles. The van der Waals surface area contributed by atoms with Crippen LogP contribution in [0.25, 0.3) is 0 Å². The summed E-state index contributed by atoms with van der Waals surface area (Å²) in [6, 6.07) is 18.7. The molecule has 0 amide bonds. The van der Waals surface area contributed by atoms with E-state index in [1.54, 1.807) is 0 Å². The summed E-state index contributed by atoms with van der Waals surface area (Å²) in [5.41, 5.74) is 1.33. The Bertz CT molecular complexity index is 503. The van der Waals surface area contributed by atoms with E-state index in [4.69, 9.17) is 4.74 Å². The molecule has 0 spiro atoms. The maximum atomic E-state index is 5.81. The molecular weight excluding hydrogens is 246 g/mol. The van der Waals surface area contributed by atoms with Gasteiger partial charge in [-0.3, -0.25) is 4.90 Å². The van der Waals surface area contributed by atoms with E-state index in [1.807, 2.05) is 42.5 Å². The van der Waals surface area contributed by atoms with Crippen molar-refractivity contribution in [2.24, 2.45) is 0 Å². The zero-order valence-electron chi connectivity index (χ0n) is 12.5. The van der Waals surface area contributed by atoms with Crippen LogP contribution in [0.15, 0.2) is 54.6 Å². The number of hydrogen-bond donors (Lipinski definition) is 0. The molecule has 0 aliphatic carbocycles. The summed E-state index contributed by atoms with van der Waals surface area (Å²) in [6.07, 6.45) is 0. The monoisotopic (exact) mass is 269 g/mol. The minimum atomic E-state index is 0.441. The van der Waals surface area contributed by atoms with Crippen molar-refractivity contribution in [3.05, 3.63) is 60.2 Å². The lowest BCUT2D eigenvalue weighted by molar-refractivity contribution is 0.234. The second-order valence-electron chi connectivity index (χ2n) is 4.88. The zero-order valence-corrected chi connectivity index (χ0v) is 12.5. The minimum absolute atomic E-state index is 0.441. The van der Waals surface area contributed by atoms with Crippen LogP contribution in [0.2, 0.25) is 0 Å². The van der Waals surface area contributed by atoms with Crippen LogP contribution in [0.1, 0.15) is 32.4 Å². The van der Waals surface area contributed by atoms with Gasteiger partial charge < -0.3 is 4.74 Å². The smallest absolute Gasteiger partial charge is 0.127 e. The van der Waals surface area contributed by atoms with Crippen LogP contribution in [-0.2, 0) is 0 Å². The molecule has 0 saturated carbocycles. The van der Waals surface area contributed by atoms with Gasteiger partial charge in [0.15, 0.2) is 0 Å². The highest BCUT2D eigenvalue weighted by molar-refractivity contribution is 5.33. The van der Waals surface area contributed by atoms with Crippen molar-refractivity contribution in [3.63, 3.8) is 0 Å². The molecule has 2 rings (SSSR count). The molecule has 0 aliphatic rings. The molecule has 0 N–H and O–H groups in total. The topological polar surface area (TPSA) is 12.5 Å². The van der Waals surface area contributed by atoms with Gasteiger partial charge in [0.05, 0.1) is 0 Å². The number of para-hydroxylation sites is 1. The number of hydrogen-bond acceptors (Lipinski definition) is 2. The van der Waals surface area contributed by atoms with Crippen molar-refractivity contribution in [2.75, 3.05) is 13.1 Å². The first-order valence-electron chi connectivity index (χ1n) is 7.31. The SMILES string of the molecule is CCN(CC)C(C)c1ccc(Oc2ccccc2)cc1. The van der Waals surface area contributed by atoms with Crippen molar-refractivity contribution in [1.29, 1.82) is 0 Å². The molecular formula is C18H23NO. The summed E-state index contributed by atoms with van der Waals surface area (Å²) >= 11 is 0. The third-order valence-electron chi connectivity index (χ3n) is 3.70. The molecule has 2 heteroatoms. The van der Waals surface area contributed by atoms with E-state index in [0.29, 0.717) is 6.04 Å². The summed E-state index contributed by atoms with van der Waals surface area (Å²) < 4.78 is 5.81. The van der Waals surface area contributed by atoms with Gasteiger partial charge in [0.1, 0.15) is 11.5 Å². The first-order chi connectivity index (χ1) is 9.74. The molecule has 0 fully saturated rings. The van der Waals surface area contributed by atoms with Crippen LogP contribution < -0.4 is 4.74 Å². The number of benzene rings is 2. The highest BCUT2D eigenvalue weighted by Crippen LogP contribution is 2.25. The number of ether oxygens (including phenoxy) is 1. The molecule has 0 bridgehead atoms. The van der Waals surface area contributed by atoms with Crippen molar-refractivity contribution >= 4 is 0 Å². The minimum Gasteiger partial charge on any atom is -0.457 e. The van der Waals surface area contributed by atoms with Crippen LogP contribution in [0, 0.1) is 0 Å². The Morgan fingerprint density at radius 2 is 1.40 bits per heavy atom. The highest BCUT2D eigenvalue weighted by Gasteiger charge is 2.12. The Hall–Kier alpha value is -1.80. The molecule has 0 heterocycles. The lowest BCUT2D eigenvalue weighted by atomic mass is 10.1. The van der Waals surface area contributed by atoms with Gasteiger partial charge in [0, 0.05) is 6.04 Å². The predicted molar refractivity (Wildman–Crippen MR) is 84.3 cm³/mol. The largest absolute Gasteiger partial charge is 0.457 e. The van der Waals surface area contributed by atoms with E-state index < -0.39 is 0 Å². The fourth-order valence-corrected chi connectivity index (χ4v) is 2.42. The number of rotatable bonds is 6. The van der Waals surface area contributed by atoms with Gasteiger partial charge in [0.25, 0.3) is 0 Å². The summed E-state index contributed by atoms with van der Waals surface area (Å²) in [6.45, 7) is 8.79. The molecule has 106 valence electrons. The maximum absolute atomic E-state index is 5.81. The van der Waals surface area contributed by atoms with Gasteiger partial charge in [-0.15, -0.1) is 0 Å². The van der Waals surface area contributed by atoms with Crippen molar-refractivity contribution in [1.82, 2.24) is 4.90 Å². The van der Waals surface area contributed by atoms with E-state index in [2.05, 4.69) is 37.8 Å². The van der Waals surface area contributed by atoms with Crippen LogP contribution in [0.4, 0.5) is 0 Å². The average molecular weight is 269 g/mol. The zero-order chi connectivity index (χ0) is 14.4. The molecule has 0 radical (unpaired) electrons. The fraction of sp³-hybridized carbons (Fsp3) is 0.333. The highest BCUT2D eigenvalue weighted by atomic mass is 16.5. The third-order valence-corrected chi connectivity index (χ3v) is 3.70. The Labute approximate surface area is 122 Å². The van der Waals surface area contributed by atoms with E-state index in [9.17, 15) is 0 Å². The van der Waals surface area contributed by atoms with Gasteiger partial charge >= 0.3 is 0 Å². The first-order valence-corrected chi connectivity index (χ1v) is 7.31. The molecule has 20 heavy (non-hydrogen) atoms. The van der Waals surface area contributed by atoms with Crippen LogP contribution in [0.3, 0.4) is 0 Å². The summed E-state index contributed by atoms with van der Waals surface area (Å²) in [5.74, 6) is 1.75. The van der Waals surface area contributed by atoms with E-state index >= 15 is 0 Å². The Morgan fingerprint density at radius 3 is 1.95 bits per heavy atom. The molecule has 0 saturated heterocycles. The molecule has 2 nitrogen and oxygen atoms in total.